The molecule has 2 nitrogen and oxygen atoms in total. The van der Waals surface area contributed by atoms with Gasteiger partial charge < -0.3 is 5.11 Å². The number of hydrogen-bond donors (Lipinski definition) is 1. The van der Waals surface area contributed by atoms with E-state index in [-0.39, 0.29) is 0 Å². The van der Waals surface area contributed by atoms with Crippen molar-refractivity contribution in [1.29, 1.82) is 0 Å². The second-order valence-corrected chi connectivity index (χ2v) is 14.1. The molecular weight excluding hydrogens is 295 g/mol. The molecule has 0 aliphatic rings. The average Bonchev–Trinajstić information content (AvgIpc) is 2.25. The fourth-order valence-electron chi connectivity index (χ4n) is 1.69. The molecule has 0 aromatic heterocycles. The van der Waals surface area contributed by atoms with Gasteiger partial charge in [0.25, 0.3) is 0 Å². The quantitative estimate of drug-likeness (QED) is 0.422. The summed E-state index contributed by atoms with van der Waals surface area (Å²) in [5.41, 5.74) is 4.80. The molecule has 0 heterocycles. The SMILES string of the molecule is C[As](C)SCCCCCCCCCCC(=O)O. The average molecular weight is 322 g/mol. The van der Waals surface area contributed by atoms with Crippen LogP contribution in [0.25, 0.3) is 0 Å². The third-order valence-electron chi connectivity index (χ3n) is 2.63. The van der Waals surface area contributed by atoms with Crippen LogP contribution in [0.15, 0.2) is 0 Å². The summed E-state index contributed by atoms with van der Waals surface area (Å²) >= 11 is -0.446. The van der Waals surface area contributed by atoms with E-state index < -0.39 is 19.5 Å². The van der Waals surface area contributed by atoms with Crippen LogP contribution in [0.4, 0.5) is 0 Å². The molecule has 102 valence electrons. The molecule has 0 atom stereocenters. The van der Waals surface area contributed by atoms with Crippen molar-refractivity contribution in [3.63, 3.8) is 0 Å². The number of carboxylic acids is 1. The van der Waals surface area contributed by atoms with E-state index >= 15 is 0 Å². The molecule has 0 aliphatic carbocycles. The van der Waals surface area contributed by atoms with Crippen molar-refractivity contribution in [2.24, 2.45) is 0 Å². The maximum absolute atomic E-state index is 10.3. The standard InChI is InChI=1S/C13H27AsO2S/c1-14(2)17-12-10-8-6-4-3-5-7-9-11-13(15)16/h3-12H2,1-2H3,(H,15,16). The van der Waals surface area contributed by atoms with Gasteiger partial charge in [-0.25, -0.2) is 0 Å². The topological polar surface area (TPSA) is 37.3 Å². The molecule has 0 rings (SSSR count). The number of carboxylic acid groups (broad SMARTS) is 1. The number of carbonyl (C=O) groups is 1. The monoisotopic (exact) mass is 322 g/mol. The Balaban J connectivity index is 2.96. The Kier molecular flexibility index (Phi) is 13.1. The molecule has 4 heteroatoms. The van der Waals surface area contributed by atoms with E-state index in [0.29, 0.717) is 6.42 Å². The van der Waals surface area contributed by atoms with Gasteiger partial charge in [-0.3, -0.25) is 4.79 Å². The molecule has 0 saturated heterocycles. The number of unbranched alkanes of at least 4 members (excludes halogenated alkanes) is 7. The molecule has 0 aromatic rings. The predicted octanol–water partition coefficient (Wildman–Crippen LogP) is 4.57. The van der Waals surface area contributed by atoms with Gasteiger partial charge in [0.05, 0.1) is 0 Å². The van der Waals surface area contributed by atoms with E-state index in [1.165, 1.54) is 44.3 Å². The zero-order valence-corrected chi connectivity index (χ0v) is 14.0. The molecule has 1 N–H and O–H groups in total. The first-order valence-electron chi connectivity index (χ1n) is 6.65. The summed E-state index contributed by atoms with van der Waals surface area (Å²) in [6.07, 6.45) is 10.2. The first-order chi connectivity index (χ1) is 8.13. The Morgan fingerprint density at radius 3 is 1.88 bits per heavy atom. The predicted molar refractivity (Wildman–Crippen MR) is 79.1 cm³/mol. The Hall–Kier alpha value is 0.378. The van der Waals surface area contributed by atoms with Crippen LogP contribution in [0.1, 0.15) is 57.8 Å². The minimum absolute atomic E-state index is 0.344. The van der Waals surface area contributed by atoms with Crippen LogP contribution in [0.2, 0.25) is 11.4 Å². The number of hydrogen-bond acceptors (Lipinski definition) is 2. The van der Waals surface area contributed by atoms with E-state index in [1.54, 1.807) is 0 Å². The zero-order valence-electron chi connectivity index (χ0n) is 11.3. The minimum atomic E-state index is -0.656. The Labute approximate surface area is 114 Å². The van der Waals surface area contributed by atoms with Crippen LogP contribution < -0.4 is 0 Å². The fourth-order valence-corrected chi connectivity index (χ4v) is 5.50. The van der Waals surface area contributed by atoms with Gasteiger partial charge in [-0.1, -0.05) is 0 Å². The second kappa shape index (κ2) is 12.8. The van der Waals surface area contributed by atoms with Gasteiger partial charge >= 0.3 is 104 Å². The molecule has 0 bridgehead atoms. The summed E-state index contributed by atoms with van der Waals surface area (Å²) in [4.78, 5) is 10.3. The van der Waals surface area contributed by atoms with Crippen molar-refractivity contribution < 1.29 is 9.90 Å². The van der Waals surface area contributed by atoms with Crippen molar-refractivity contribution in [3.8, 4) is 0 Å². The summed E-state index contributed by atoms with van der Waals surface area (Å²) in [5, 5.41) is 8.48. The third-order valence-corrected chi connectivity index (χ3v) is 8.02. The summed E-state index contributed by atoms with van der Waals surface area (Å²) in [7, 11) is 2.20. The maximum atomic E-state index is 10.3. The third kappa shape index (κ3) is 16.4. The fraction of sp³-hybridized carbons (Fsp3) is 0.923. The number of rotatable bonds is 12. The molecule has 17 heavy (non-hydrogen) atoms. The summed E-state index contributed by atoms with van der Waals surface area (Å²) in [6.45, 7) is 0. The molecule has 0 spiro atoms. The van der Waals surface area contributed by atoms with Gasteiger partial charge in [-0.05, 0) is 0 Å². The molecule has 0 unspecified atom stereocenters. The van der Waals surface area contributed by atoms with Gasteiger partial charge in [0.2, 0.25) is 0 Å². The van der Waals surface area contributed by atoms with Crippen LogP contribution in [0, 0.1) is 0 Å². The van der Waals surface area contributed by atoms with Gasteiger partial charge in [0.1, 0.15) is 0 Å². The van der Waals surface area contributed by atoms with Crippen molar-refractivity contribution in [2.45, 2.75) is 69.2 Å². The number of aliphatic carboxylic acids is 1. The summed E-state index contributed by atoms with van der Waals surface area (Å²) in [6, 6.07) is 0. The molecular formula is C13H27AsO2S. The van der Waals surface area contributed by atoms with E-state index in [2.05, 4.69) is 21.4 Å². The molecule has 0 radical (unpaired) electrons. The normalized spacial score (nSPS) is 11.0. The van der Waals surface area contributed by atoms with Gasteiger partial charge in [0, 0.05) is 0 Å². The van der Waals surface area contributed by atoms with Gasteiger partial charge in [-0.15, -0.1) is 0 Å². The summed E-state index contributed by atoms with van der Waals surface area (Å²) in [5.74, 6) is 0.711. The van der Waals surface area contributed by atoms with Crippen LogP contribution in [0.3, 0.4) is 0 Å². The van der Waals surface area contributed by atoms with Crippen LogP contribution in [-0.4, -0.2) is 30.3 Å². The molecule has 0 aliphatic heterocycles. The van der Waals surface area contributed by atoms with Gasteiger partial charge in [0.15, 0.2) is 0 Å². The molecule has 0 fully saturated rings. The van der Waals surface area contributed by atoms with E-state index in [0.717, 1.165) is 12.8 Å². The van der Waals surface area contributed by atoms with Gasteiger partial charge in [-0.2, -0.15) is 0 Å². The second-order valence-electron chi connectivity index (χ2n) is 4.62. The van der Waals surface area contributed by atoms with E-state index in [4.69, 9.17) is 5.11 Å². The first kappa shape index (κ1) is 17.4. The van der Waals surface area contributed by atoms with Crippen LogP contribution >= 0.6 is 10.0 Å². The Morgan fingerprint density at radius 2 is 1.41 bits per heavy atom. The summed E-state index contributed by atoms with van der Waals surface area (Å²) < 4.78 is 0. The zero-order chi connectivity index (χ0) is 12.9. The van der Waals surface area contributed by atoms with E-state index in [1.807, 2.05) is 0 Å². The molecule has 0 amide bonds. The van der Waals surface area contributed by atoms with E-state index in [9.17, 15) is 4.79 Å². The van der Waals surface area contributed by atoms with Crippen molar-refractivity contribution >= 4 is 29.5 Å². The Morgan fingerprint density at radius 1 is 0.941 bits per heavy atom. The van der Waals surface area contributed by atoms with Crippen molar-refractivity contribution in [2.75, 3.05) is 5.75 Å². The molecule has 0 saturated carbocycles. The smallest absolute Gasteiger partial charge is 0.481 e. The van der Waals surface area contributed by atoms with Crippen LogP contribution in [0.5, 0.6) is 0 Å². The Bertz CT molecular complexity index is 186. The van der Waals surface area contributed by atoms with Crippen LogP contribution in [-0.2, 0) is 4.79 Å². The molecule has 0 aromatic carbocycles. The first-order valence-corrected chi connectivity index (χ1v) is 13.6. The minimum Gasteiger partial charge on any atom is -0.481 e. The van der Waals surface area contributed by atoms with Crippen molar-refractivity contribution in [3.05, 3.63) is 0 Å². The van der Waals surface area contributed by atoms with Crippen molar-refractivity contribution in [1.82, 2.24) is 0 Å².